The average Bonchev–Trinajstić information content (AvgIpc) is 3.05. The Balaban J connectivity index is 1.81. The number of benzene rings is 1. The lowest BCUT2D eigenvalue weighted by Gasteiger charge is -2.19. The molecule has 2 aromatic heterocycles. The van der Waals surface area contributed by atoms with Gasteiger partial charge in [0.25, 0.3) is 0 Å². The lowest BCUT2D eigenvalue weighted by Crippen LogP contribution is -2.22. The third-order valence-corrected chi connectivity index (χ3v) is 3.56. The molecule has 6 nitrogen and oxygen atoms in total. The van der Waals surface area contributed by atoms with Crippen molar-refractivity contribution in [3.05, 3.63) is 52.2 Å². The Bertz CT molecular complexity index is 755. The fourth-order valence-electron chi connectivity index (χ4n) is 2.38. The molecule has 0 spiro atoms. The maximum absolute atomic E-state index is 11.3. The maximum atomic E-state index is 11.3. The van der Waals surface area contributed by atoms with E-state index in [0.29, 0.717) is 0 Å². The van der Waals surface area contributed by atoms with Crippen LogP contribution in [0.15, 0.2) is 35.4 Å². The van der Waals surface area contributed by atoms with Crippen molar-refractivity contribution < 1.29 is 0 Å². The van der Waals surface area contributed by atoms with Crippen molar-refractivity contribution in [1.29, 1.82) is 0 Å². The molecule has 0 bridgehead atoms. The number of imidazole rings is 1. The smallest absolute Gasteiger partial charge is 0.306 e. The minimum Gasteiger partial charge on any atom is -0.306 e. The van der Waals surface area contributed by atoms with Gasteiger partial charge >= 0.3 is 5.69 Å². The summed E-state index contributed by atoms with van der Waals surface area (Å²) in [6, 6.07) is 6.30. The Morgan fingerprint density at radius 2 is 1.85 bits per heavy atom. The molecule has 0 saturated heterocycles. The highest BCUT2D eigenvalue weighted by Crippen LogP contribution is 2.20. The number of rotatable bonds is 4. The molecule has 2 heterocycles. The van der Waals surface area contributed by atoms with Crippen LogP contribution >= 0.6 is 0 Å². The number of hydrogen-bond acceptors (Lipinski definition) is 3. The molecular formula is C14H17N5O. The highest BCUT2D eigenvalue weighted by molar-refractivity contribution is 5.75. The van der Waals surface area contributed by atoms with Crippen LogP contribution in [0.25, 0.3) is 11.0 Å². The number of nitrogens with one attached hydrogen (secondary N) is 4. The lowest BCUT2D eigenvalue weighted by molar-refractivity contribution is 0.495. The SMILES string of the molecule is CC(NC(C)c1ccc2[nH]c(=O)[nH]c2c1)c1cn[nH]c1. The highest BCUT2D eigenvalue weighted by atomic mass is 16.1. The van der Waals surface area contributed by atoms with Crippen LogP contribution in [0.1, 0.15) is 37.1 Å². The van der Waals surface area contributed by atoms with E-state index in [9.17, 15) is 4.79 Å². The van der Waals surface area contributed by atoms with Crippen LogP contribution in [0.3, 0.4) is 0 Å². The zero-order chi connectivity index (χ0) is 14.1. The molecule has 0 saturated carbocycles. The predicted molar refractivity (Wildman–Crippen MR) is 77.5 cm³/mol. The van der Waals surface area contributed by atoms with Crippen LogP contribution in [0.2, 0.25) is 0 Å². The van der Waals surface area contributed by atoms with Gasteiger partial charge in [0.1, 0.15) is 0 Å². The molecule has 0 fully saturated rings. The van der Waals surface area contributed by atoms with Crippen molar-refractivity contribution in [2.75, 3.05) is 0 Å². The summed E-state index contributed by atoms with van der Waals surface area (Å²) in [5.41, 5.74) is 3.73. The Hall–Kier alpha value is -2.34. The van der Waals surface area contributed by atoms with E-state index >= 15 is 0 Å². The third kappa shape index (κ3) is 2.37. The second-order valence-electron chi connectivity index (χ2n) is 5.03. The fraction of sp³-hybridized carbons (Fsp3) is 0.286. The van der Waals surface area contributed by atoms with E-state index < -0.39 is 0 Å². The molecule has 20 heavy (non-hydrogen) atoms. The van der Waals surface area contributed by atoms with Crippen molar-refractivity contribution >= 4 is 11.0 Å². The molecule has 6 heteroatoms. The molecule has 2 atom stereocenters. The lowest BCUT2D eigenvalue weighted by atomic mass is 10.1. The van der Waals surface area contributed by atoms with Crippen LogP contribution in [-0.2, 0) is 0 Å². The first-order chi connectivity index (χ1) is 9.63. The summed E-state index contributed by atoms with van der Waals surface area (Å²) in [5.74, 6) is 0. The first-order valence-corrected chi connectivity index (χ1v) is 6.60. The quantitative estimate of drug-likeness (QED) is 0.585. The average molecular weight is 271 g/mol. The van der Waals surface area contributed by atoms with Gasteiger partial charge in [0, 0.05) is 23.8 Å². The van der Waals surface area contributed by atoms with Gasteiger partial charge < -0.3 is 15.3 Å². The van der Waals surface area contributed by atoms with Crippen LogP contribution in [0, 0.1) is 0 Å². The maximum Gasteiger partial charge on any atom is 0.323 e. The number of aromatic nitrogens is 4. The summed E-state index contributed by atoms with van der Waals surface area (Å²) < 4.78 is 0. The van der Waals surface area contributed by atoms with Gasteiger partial charge in [-0.15, -0.1) is 0 Å². The van der Waals surface area contributed by atoms with Gasteiger partial charge in [-0.1, -0.05) is 6.07 Å². The van der Waals surface area contributed by atoms with E-state index in [0.717, 1.165) is 22.2 Å². The number of hydrogen-bond donors (Lipinski definition) is 4. The molecule has 1 aromatic carbocycles. The standard InChI is InChI=1S/C14H17N5O/c1-8(17-9(2)11-6-15-16-7-11)10-3-4-12-13(5-10)19-14(20)18-12/h3-9,17H,1-2H3,(H,15,16)(H2,18,19,20). The Labute approximate surface area is 115 Å². The minimum absolute atomic E-state index is 0.169. The third-order valence-electron chi connectivity index (χ3n) is 3.56. The molecule has 3 aromatic rings. The zero-order valence-electron chi connectivity index (χ0n) is 11.4. The monoisotopic (exact) mass is 271 g/mol. The molecule has 0 radical (unpaired) electrons. The van der Waals surface area contributed by atoms with Gasteiger partial charge in [0.2, 0.25) is 0 Å². The number of aromatic amines is 3. The Morgan fingerprint density at radius 3 is 2.60 bits per heavy atom. The number of nitrogens with zero attached hydrogens (tertiary/aromatic N) is 1. The second-order valence-corrected chi connectivity index (χ2v) is 5.03. The molecule has 2 unspecified atom stereocenters. The fourth-order valence-corrected chi connectivity index (χ4v) is 2.38. The van der Waals surface area contributed by atoms with Gasteiger partial charge in [0.05, 0.1) is 17.2 Å². The van der Waals surface area contributed by atoms with E-state index in [1.54, 1.807) is 0 Å². The summed E-state index contributed by atoms with van der Waals surface area (Å²) in [7, 11) is 0. The molecule has 0 amide bonds. The van der Waals surface area contributed by atoms with E-state index in [-0.39, 0.29) is 17.8 Å². The van der Waals surface area contributed by atoms with Crippen molar-refractivity contribution in [3.63, 3.8) is 0 Å². The Kier molecular flexibility index (Phi) is 3.15. The van der Waals surface area contributed by atoms with Gasteiger partial charge in [-0.25, -0.2) is 4.79 Å². The van der Waals surface area contributed by atoms with Crippen molar-refractivity contribution in [1.82, 2.24) is 25.5 Å². The van der Waals surface area contributed by atoms with Gasteiger partial charge in [0.15, 0.2) is 0 Å². The first kappa shape index (κ1) is 12.7. The molecule has 0 aliphatic rings. The molecule has 3 rings (SSSR count). The van der Waals surface area contributed by atoms with Crippen LogP contribution in [0.5, 0.6) is 0 Å². The summed E-state index contributed by atoms with van der Waals surface area (Å²) in [4.78, 5) is 16.8. The molecule has 0 aliphatic carbocycles. The second kappa shape index (κ2) is 4.97. The van der Waals surface area contributed by atoms with Gasteiger partial charge in [-0.2, -0.15) is 5.10 Å². The van der Waals surface area contributed by atoms with Crippen molar-refractivity contribution in [2.45, 2.75) is 25.9 Å². The van der Waals surface area contributed by atoms with Crippen LogP contribution < -0.4 is 11.0 Å². The topological polar surface area (TPSA) is 89.4 Å². The highest BCUT2D eigenvalue weighted by Gasteiger charge is 2.12. The van der Waals surface area contributed by atoms with Gasteiger partial charge in [-0.05, 0) is 31.5 Å². The van der Waals surface area contributed by atoms with Crippen LogP contribution in [0.4, 0.5) is 0 Å². The minimum atomic E-state index is -0.176. The van der Waals surface area contributed by atoms with E-state index in [4.69, 9.17) is 0 Å². The van der Waals surface area contributed by atoms with Gasteiger partial charge in [-0.3, -0.25) is 5.10 Å². The van der Waals surface area contributed by atoms with Crippen molar-refractivity contribution in [2.24, 2.45) is 0 Å². The normalized spacial score (nSPS) is 14.5. The summed E-state index contributed by atoms with van der Waals surface area (Å²) in [6.45, 7) is 4.20. The largest absolute Gasteiger partial charge is 0.323 e. The van der Waals surface area contributed by atoms with Crippen LogP contribution in [-0.4, -0.2) is 20.2 Å². The van der Waals surface area contributed by atoms with E-state index in [2.05, 4.69) is 39.3 Å². The molecule has 0 aliphatic heterocycles. The first-order valence-electron chi connectivity index (χ1n) is 6.60. The van der Waals surface area contributed by atoms with E-state index in [1.165, 1.54) is 0 Å². The van der Waals surface area contributed by atoms with Crippen molar-refractivity contribution in [3.8, 4) is 0 Å². The summed E-state index contributed by atoms with van der Waals surface area (Å²) in [5, 5.41) is 10.3. The molecule has 104 valence electrons. The number of H-pyrrole nitrogens is 3. The molecule has 4 N–H and O–H groups in total. The predicted octanol–water partition coefficient (Wildman–Crippen LogP) is 1.99. The Morgan fingerprint density at radius 1 is 1.10 bits per heavy atom. The number of fused-ring (bicyclic) bond motifs is 1. The molecular weight excluding hydrogens is 254 g/mol. The summed E-state index contributed by atoms with van der Waals surface area (Å²) >= 11 is 0. The van der Waals surface area contributed by atoms with E-state index in [1.807, 2.05) is 30.6 Å². The summed E-state index contributed by atoms with van der Waals surface area (Å²) in [6.07, 6.45) is 3.70. The zero-order valence-corrected chi connectivity index (χ0v) is 11.4.